The molecule has 0 spiro atoms. The van der Waals surface area contributed by atoms with Crippen molar-refractivity contribution in [3.8, 4) is 34.0 Å². The van der Waals surface area contributed by atoms with Crippen molar-refractivity contribution in [3.05, 3.63) is 42.3 Å². The lowest BCUT2D eigenvalue weighted by molar-refractivity contribution is 0.236. The minimum absolute atomic E-state index is 0.0414. The van der Waals surface area contributed by atoms with E-state index in [1.807, 2.05) is 6.07 Å². The van der Waals surface area contributed by atoms with E-state index < -0.39 is 5.82 Å². The first kappa shape index (κ1) is 25.4. The van der Waals surface area contributed by atoms with E-state index in [2.05, 4.69) is 39.1 Å². The van der Waals surface area contributed by atoms with Gasteiger partial charge in [-0.15, -0.1) is 15.3 Å². The van der Waals surface area contributed by atoms with Crippen LogP contribution in [0.5, 0.6) is 11.6 Å². The average molecular weight is 506 g/mol. The Balaban J connectivity index is 1.41. The Morgan fingerprint density at radius 3 is 2.57 bits per heavy atom. The van der Waals surface area contributed by atoms with Crippen LogP contribution in [0.4, 0.5) is 10.2 Å². The standard InChI is InChI=1S/C29H36FN5O2/c1-4-12-29(2)13-6-5-7-22(17-29)35(21-8-9-21)26-11-10-24(32-33-26)28-23(30)14-19(15-25(28)36)20-16-27(37-3)34-31-18-20/h10-11,14-16,18,21-22,36H,4-9,12-13,17H2,1-3H3/t22-,29+/m0/s1. The van der Waals surface area contributed by atoms with Gasteiger partial charge in [-0.3, -0.25) is 0 Å². The number of ether oxygens (including phenoxy) is 1. The first-order chi connectivity index (χ1) is 17.9. The number of halogens is 1. The summed E-state index contributed by atoms with van der Waals surface area (Å²) in [5.74, 6) is 0.382. The van der Waals surface area contributed by atoms with Gasteiger partial charge in [-0.25, -0.2) is 4.39 Å². The molecule has 2 fully saturated rings. The Kier molecular flexibility index (Phi) is 7.26. The second-order valence-electron chi connectivity index (χ2n) is 10.9. The van der Waals surface area contributed by atoms with Crippen LogP contribution in [-0.2, 0) is 0 Å². The second kappa shape index (κ2) is 10.6. The highest BCUT2D eigenvalue weighted by molar-refractivity contribution is 5.75. The van der Waals surface area contributed by atoms with Gasteiger partial charge >= 0.3 is 0 Å². The molecule has 2 saturated carbocycles. The zero-order chi connectivity index (χ0) is 26.0. The molecule has 2 aromatic heterocycles. The lowest BCUT2D eigenvalue weighted by atomic mass is 9.77. The molecule has 1 aromatic carbocycles. The summed E-state index contributed by atoms with van der Waals surface area (Å²) < 4.78 is 20.4. The summed E-state index contributed by atoms with van der Waals surface area (Å²) in [5.41, 5.74) is 1.77. The third-order valence-electron chi connectivity index (χ3n) is 7.90. The predicted octanol–water partition coefficient (Wildman–Crippen LogP) is 6.56. The zero-order valence-electron chi connectivity index (χ0n) is 22.0. The van der Waals surface area contributed by atoms with Crippen molar-refractivity contribution in [3.63, 3.8) is 0 Å². The summed E-state index contributed by atoms with van der Waals surface area (Å²) in [6, 6.07) is 9.16. The van der Waals surface area contributed by atoms with Crippen LogP contribution in [-0.4, -0.2) is 44.7 Å². The first-order valence-electron chi connectivity index (χ1n) is 13.4. The SMILES string of the molecule is CCC[C@]1(C)CCCC[C@H](N(c2ccc(-c3c(O)cc(-c4cnnc(OC)c4)cc3F)nn2)C2CC2)C1. The minimum Gasteiger partial charge on any atom is -0.507 e. The van der Waals surface area contributed by atoms with Crippen molar-refractivity contribution in [1.82, 2.24) is 20.4 Å². The van der Waals surface area contributed by atoms with Crippen LogP contribution in [0.3, 0.4) is 0 Å². The molecule has 1 N–H and O–H groups in total. The third-order valence-corrected chi connectivity index (χ3v) is 7.90. The second-order valence-corrected chi connectivity index (χ2v) is 10.9. The van der Waals surface area contributed by atoms with Gasteiger partial charge in [0.25, 0.3) is 0 Å². The van der Waals surface area contributed by atoms with E-state index in [1.165, 1.54) is 83.2 Å². The number of hydrogen-bond acceptors (Lipinski definition) is 7. The molecule has 0 amide bonds. The van der Waals surface area contributed by atoms with Gasteiger partial charge < -0.3 is 14.7 Å². The van der Waals surface area contributed by atoms with Crippen molar-refractivity contribution < 1.29 is 14.2 Å². The number of methoxy groups -OCH3 is 1. The maximum absolute atomic E-state index is 15.3. The molecule has 8 heteroatoms. The smallest absolute Gasteiger partial charge is 0.233 e. The summed E-state index contributed by atoms with van der Waals surface area (Å²) in [5, 5.41) is 27.4. The predicted molar refractivity (Wildman–Crippen MR) is 142 cm³/mol. The Morgan fingerprint density at radius 2 is 1.89 bits per heavy atom. The molecule has 0 radical (unpaired) electrons. The third kappa shape index (κ3) is 5.53. The van der Waals surface area contributed by atoms with Crippen LogP contribution in [0.2, 0.25) is 0 Å². The highest BCUT2D eigenvalue weighted by atomic mass is 19.1. The topological polar surface area (TPSA) is 84.3 Å². The number of aromatic nitrogens is 4. The van der Waals surface area contributed by atoms with E-state index in [-0.39, 0.29) is 11.3 Å². The molecule has 3 aromatic rings. The van der Waals surface area contributed by atoms with E-state index in [4.69, 9.17) is 4.74 Å². The van der Waals surface area contributed by atoms with Gasteiger partial charge in [0.15, 0.2) is 5.82 Å². The highest BCUT2D eigenvalue weighted by Crippen LogP contribution is 2.44. The Hall–Kier alpha value is -3.29. The number of aromatic hydroxyl groups is 1. The van der Waals surface area contributed by atoms with E-state index in [9.17, 15) is 5.11 Å². The fourth-order valence-electron chi connectivity index (χ4n) is 6.01. The number of phenolic OH excluding ortho intramolecular Hbond substituents is 1. The number of nitrogens with zero attached hydrogens (tertiary/aromatic N) is 5. The minimum atomic E-state index is -0.578. The summed E-state index contributed by atoms with van der Waals surface area (Å²) in [6.07, 6.45) is 12.5. The van der Waals surface area contributed by atoms with E-state index in [0.717, 1.165) is 5.82 Å². The van der Waals surface area contributed by atoms with Gasteiger partial charge in [0, 0.05) is 23.7 Å². The highest BCUT2D eigenvalue weighted by Gasteiger charge is 2.39. The van der Waals surface area contributed by atoms with Gasteiger partial charge in [-0.1, -0.05) is 33.1 Å². The summed E-state index contributed by atoms with van der Waals surface area (Å²) >= 11 is 0. The Bertz CT molecular complexity index is 1210. The van der Waals surface area contributed by atoms with Crippen molar-refractivity contribution >= 4 is 5.82 Å². The van der Waals surface area contributed by atoms with Crippen molar-refractivity contribution in [2.75, 3.05) is 12.0 Å². The molecule has 2 atom stereocenters. The maximum Gasteiger partial charge on any atom is 0.233 e. The lowest BCUT2D eigenvalue weighted by Crippen LogP contribution is -2.40. The first-order valence-corrected chi connectivity index (χ1v) is 13.4. The molecule has 2 heterocycles. The van der Waals surface area contributed by atoms with Gasteiger partial charge in [0.05, 0.1) is 24.6 Å². The molecular weight excluding hydrogens is 469 g/mol. The molecular formula is C29H36FN5O2. The fourth-order valence-corrected chi connectivity index (χ4v) is 6.01. The van der Waals surface area contributed by atoms with Gasteiger partial charge in [-0.2, -0.15) is 5.10 Å². The van der Waals surface area contributed by atoms with Crippen LogP contribution in [0.25, 0.3) is 22.4 Å². The lowest BCUT2D eigenvalue weighted by Gasteiger charge is -2.38. The molecule has 0 unspecified atom stereocenters. The molecule has 2 aliphatic carbocycles. The van der Waals surface area contributed by atoms with Crippen LogP contribution in [0, 0.1) is 11.2 Å². The van der Waals surface area contributed by atoms with E-state index in [0.29, 0.717) is 40.2 Å². The number of anilines is 1. The quantitative estimate of drug-likeness (QED) is 0.347. The monoisotopic (exact) mass is 505 g/mol. The van der Waals surface area contributed by atoms with Crippen LogP contribution in [0.1, 0.15) is 71.6 Å². The summed E-state index contributed by atoms with van der Waals surface area (Å²) in [7, 11) is 1.49. The Labute approximate surface area is 218 Å². The summed E-state index contributed by atoms with van der Waals surface area (Å²) in [4.78, 5) is 2.49. The van der Waals surface area contributed by atoms with Gasteiger partial charge in [-0.05, 0) is 73.8 Å². The van der Waals surface area contributed by atoms with Gasteiger partial charge in [0.1, 0.15) is 11.6 Å². The molecule has 0 bridgehead atoms. The number of phenols is 1. The molecule has 37 heavy (non-hydrogen) atoms. The fraction of sp³-hybridized carbons (Fsp3) is 0.517. The molecule has 196 valence electrons. The van der Waals surface area contributed by atoms with Gasteiger partial charge in [0.2, 0.25) is 5.88 Å². The number of hydrogen-bond donors (Lipinski definition) is 1. The molecule has 7 nitrogen and oxygen atoms in total. The largest absolute Gasteiger partial charge is 0.507 e. The number of benzene rings is 1. The average Bonchev–Trinajstić information content (AvgIpc) is 3.74. The molecule has 0 aliphatic heterocycles. The maximum atomic E-state index is 15.3. The van der Waals surface area contributed by atoms with Crippen molar-refractivity contribution in [2.45, 2.75) is 83.7 Å². The zero-order valence-corrected chi connectivity index (χ0v) is 22.0. The van der Waals surface area contributed by atoms with E-state index >= 15 is 4.39 Å². The molecule has 2 aliphatic rings. The number of rotatable bonds is 8. The van der Waals surface area contributed by atoms with Crippen molar-refractivity contribution in [1.29, 1.82) is 0 Å². The van der Waals surface area contributed by atoms with Crippen LogP contribution < -0.4 is 9.64 Å². The normalized spacial score (nSPS) is 21.9. The Morgan fingerprint density at radius 1 is 1.05 bits per heavy atom. The molecule has 0 saturated heterocycles. The molecule has 5 rings (SSSR count). The van der Waals surface area contributed by atoms with Crippen molar-refractivity contribution in [2.24, 2.45) is 5.41 Å². The van der Waals surface area contributed by atoms with E-state index in [1.54, 1.807) is 12.1 Å². The summed E-state index contributed by atoms with van der Waals surface area (Å²) in [6.45, 7) is 4.72. The van der Waals surface area contributed by atoms with Crippen LogP contribution >= 0.6 is 0 Å². The van der Waals surface area contributed by atoms with Crippen LogP contribution in [0.15, 0.2) is 36.5 Å².